The standard InChI is InChI=1S/C18H23N3O2S/c1-14-17(24-13-20-14)7-8-18(22)19-11-16-12-21(9-10-23-16)15-5-3-2-4-6-15/h2-6,13,16H,7-12H2,1H3,(H,19,22). The number of hydrogen-bond acceptors (Lipinski definition) is 5. The number of carbonyl (C=O) groups excluding carboxylic acids is 1. The Hall–Kier alpha value is -1.92. The van der Waals surface area contributed by atoms with E-state index < -0.39 is 0 Å². The highest BCUT2D eigenvalue weighted by Crippen LogP contribution is 2.17. The van der Waals surface area contributed by atoms with Gasteiger partial charge in [0.15, 0.2) is 0 Å². The van der Waals surface area contributed by atoms with Crippen molar-refractivity contribution < 1.29 is 9.53 Å². The van der Waals surface area contributed by atoms with Crippen LogP contribution in [-0.2, 0) is 16.0 Å². The molecule has 0 spiro atoms. The molecule has 1 aliphatic rings. The smallest absolute Gasteiger partial charge is 0.220 e. The lowest BCUT2D eigenvalue weighted by Gasteiger charge is -2.34. The van der Waals surface area contributed by atoms with Crippen LogP contribution in [0.4, 0.5) is 5.69 Å². The van der Waals surface area contributed by atoms with Gasteiger partial charge in [-0.1, -0.05) is 18.2 Å². The molecule has 2 aromatic rings. The molecule has 6 heteroatoms. The SMILES string of the molecule is Cc1ncsc1CCC(=O)NCC1CN(c2ccccc2)CCO1. The van der Waals surface area contributed by atoms with Crippen molar-refractivity contribution in [2.75, 3.05) is 31.1 Å². The van der Waals surface area contributed by atoms with E-state index in [0.29, 0.717) is 19.6 Å². The molecule has 1 saturated heterocycles. The highest BCUT2D eigenvalue weighted by molar-refractivity contribution is 7.09. The predicted molar refractivity (Wildman–Crippen MR) is 96.6 cm³/mol. The zero-order chi connectivity index (χ0) is 16.8. The number of thiazole rings is 1. The van der Waals surface area contributed by atoms with Gasteiger partial charge < -0.3 is 15.0 Å². The third-order valence-corrected chi connectivity index (χ3v) is 5.21. The number of anilines is 1. The lowest BCUT2D eigenvalue weighted by atomic mass is 10.2. The maximum atomic E-state index is 12.0. The first-order chi connectivity index (χ1) is 11.7. The molecule has 1 atom stereocenters. The molecule has 1 aliphatic heterocycles. The Morgan fingerprint density at radius 2 is 2.25 bits per heavy atom. The fraction of sp³-hybridized carbons (Fsp3) is 0.444. The lowest BCUT2D eigenvalue weighted by molar-refractivity contribution is -0.121. The van der Waals surface area contributed by atoms with E-state index in [4.69, 9.17) is 4.74 Å². The summed E-state index contributed by atoms with van der Waals surface area (Å²) in [5.41, 5.74) is 4.07. The average Bonchev–Trinajstić information content (AvgIpc) is 3.04. The first kappa shape index (κ1) is 16.9. The number of rotatable bonds is 6. The molecule has 5 nitrogen and oxygen atoms in total. The molecule has 2 heterocycles. The fourth-order valence-electron chi connectivity index (χ4n) is 2.83. The summed E-state index contributed by atoms with van der Waals surface area (Å²) in [6, 6.07) is 10.3. The van der Waals surface area contributed by atoms with E-state index >= 15 is 0 Å². The van der Waals surface area contributed by atoms with E-state index in [1.807, 2.05) is 30.6 Å². The number of carbonyl (C=O) groups is 1. The highest BCUT2D eigenvalue weighted by Gasteiger charge is 2.21. The minimum Gasteiger partial charge on any atom is -0.373 e. The molecule has 0 bridgehead atoms. The number of para-hydroxylation sites is 1. The summed E-state index contributed by atoms with van der Waals surface area (Å²) in [6.07, 6.45) is 1.29. The molecule has 1 fully saturated rings. The monoisotopic (exact) mass is 345 g/mol. The second-order valence-corrected chi connectivity index (χ2v) is 6.88. The normalized spacial score (nSPS) is 17.7. The van der Waals surface area contributed by atoms with E-state index in [1.165, 1.54) is 10.6 Å². The number of morpholine rings is 1. The lowest BCUT2D eigenvalue weighted by Crippen LogP contribution is -2.47. The highest BCUT2D eigenvalue weighted by atomic mass is 32.1. The second-order valence-electron chi connectivity index (χ2n) is 5.94. The van der Waals surface area contributed by atoms with Gasteiger partial charge in [-0.05, 0) is 25.5 Å². The summed E-state index contributed by atoms with van der Waals surface area (Å²) in [7, 11) is 0. The number of aryl methyl sites for hydroxylation is 2. The molecule has 0 aliphatic carbocycles. The van der Waals surface area contributed by atoms with Gasteiger partial charge in [0.2, 0.25) is 5.91 Å². The summed E-state index contributed by atoms with van der Waals surface area (Å²) in [6.45, 7) is 4.93. The van der Waals surface area contributed by atoms with Crippen LogP contribution in [0.3, 0.4) is 0 Å². The molecular weight excluding hydrogens is 322 g/mol. The number of benzene rings is 1. The van der Waals surface area contributed by atoms with Crippen LogP contribution in [0.15, 0.2) is 35.8 Å². The van der Waals surface area contributed by atoms with Crippen LogP contribution in [0.2, 0.25) is 0 Å². The van der Waals surface area contributed by atoms with Crippen molar-refractivity contribution in [3.63, 3.8) is 0 Å². The van der Waals surface area contributed by atoms with Gasteiger partial charge in [-0.3, -0.25) is 4.79 Å². The Labute approximate surface area is 146 Å². The maximum Gasteiger partial charge on any atom is 0.220 e. The van der Waals surface area contributed by atoms with Gasteiger partial charge in [-0.25, -0.2) is 4.98 Å². The van der Waals surface area contributed by atoms with Crippen molar-refractivity contribution in [2.45, 2.75) is 25.9 Å². The number of nitrogens with one attached hydrogen (secondary N) is 1. The second kappa shape index (κ2) is 8.26. The summed E-state index contributed by atoms with van der Waals surface area (Å²) >= 11 is 1.61. The van der Waals surface area contributed by atoms with Crippen molar-refractivity contribution in [2.24, 2.45) is 0 Å². The van der Waals surface area contributed by atoms with Gasteiger partial charge in [0, 0.05) is 36.6 Å². The van der Waals surface area contributed by atoms with Gasteiger partial charge in [-0.15, -0.1) is 11.3 Å². The topological polar surface area (TPSA) is 54.5 Å². The molecule has 0 radical (unpaired) electrons. The molecule has 128 valence electrons. The van der Waals surface area contributed by atoms with Gasteiger partial charge in [0.05, 0.1) is 23.9 Å². The Morgan fingerprint density at radius 1 is 1.42 bits per heavy atom. The van der Waals surface area contributed by atoms with Gasteiger partial charge in [0.25, 0.3) is 0 Å². The van der Waals surface area contributed by atoms with Gasteiger partial charge in [0.1, 0.15) is 0 Å². The largest absolute Gasteiger partial charge is 0.373 e. The minimum absolute atomic E-state index is 0.0352. The van der Waals surface area contributed by atoms with Crippen LogP contribution in [0.5, 0.6) is 0 Å². The number of hydrogen-bond donors (Lipinski definition) is 1. The van der Waals surface area contributed by atoms with Gasteiger partial charge >= 0.3 is 0 Å². The van der Waals surface area contributed by atoms with Crippen LogP contribution in [-0.4, -0.2) is 43.2 Å². The van der Waals surface area contributed by atoms with E-state index in [2.05, 4.69) is 27.3 Å². The molecule has 24 heavy (non-hydrogen) atoms. The first-order valence-electron chi connectivity index (χ1n) is 8.29. The Bertz CT molecular complexity index is 659. The molecule has 1 N–H and O–H groups in total. The van der Waals surface area contributed by atoms with E-state index in [0.717, 1.165) is 25.2 Å². The zero-order valence-electron chi connectivity index (χ0n) is 13.9. The molecule has 0 saturated carbocycles. The Kier molecular flexibility index (Phi) is 5.82. The maximum absolute atomic E-state index is 12.0. The molecule has 3 rings (SSSR count). The first-order valence-corrected chi connectivity index (χ1v) is 9.17. The Balaban J connectivity index is 1.42. The summed E-state index contributed by atoms with van der Waals surface area (Å²) < 4.78 is 5.79. The van der Waals surface area contributed by atoms with Gasteiger partial charge in [-0.2, -0.15) is 0 Å². The third-order valence-electron chi connectivity index (χ3n) is 4.21. The Morgan fingerprint density at radius 3 is 3.00 bits per heavy atom. The van der Waals surface area contributed by atoms with Crippen LogP contribution in [0.25, 0.3) is 0 Å². The summed E-state index contributed by atoms with van der Waals surface area (Å²) in [5, 5.41) is 3.00. The molecule has 1 unspecified atom stereocenters. The quantitative estimate of drug-likeness (QED) is 0.873. The van der Waals surface area contributed by atoms with Crippen molar-refractivity contribution in [3.05, 3.63) is 46.4 Å². The molecule has 1 aromatic carbocycles. The average molecular weight is 345 g/mol. The van der Waals surface area contributed by atoms with Crippen LogP contribution >= 0.6 is 11.3 Å². The number of aromatic nitrogens is 1. The number of nitrogens with zero attached hydrogens (tertiary/aromatic N) is 2. The van der Waals surface area contributed by atoms with Crippen molar-refractivity contribution in [3.8, 4) is 0 Å². The minimum atomic E-state index is 0.0352. The van der Waals surface area contributed by atoms with E-state index in [-0.39, 0.29) is 12.0 Å². The van der Waals surface area contributed by atoms with E-state index in [9.17, 15) is 4.79 Å². The summed E-state index contributed by atoms with van der Waals surface area (Å²) in [5.74, 6) is 0.0724. The van der Waals surface area contributed by atoms with Crippen LogP contribution < -0.4 is 10.2 Å². The zero-order valence-corrected chi connectivity index (χ0v) is 14.7. The number of ether oxygens (including phenoxy) is 1. The molecular formula is C18H23N3O2S. The molecule has 1 aromatic heterocycles. The summed E-state index contributed by atoms with van der Waals surface area (Å²) in [4.78, 5) is 19.8. The van der Waals surface area contributed by atoms with Crippen molar-refractivity contribution >= 4 is 22.9 Å². The van der Waals surface area contributed by atoms with Crippen LogP contribution in [0.1, 0.15) is 17.0 Å². The van der Waals surface area contributed by atoms with Crippen LogP contribution in [0, 0.1) is 6.92 Å². The van der Waals surface area contributed by atoms with E-state index in [1.54, 1.807) is 11.3 Å². The third kappa shape index (κ3) is 4.55. The fourth-order valence-corrected chi connectivity index (χ4v) is 3.61. The molecule has 1 amide bonds. The predicted octanol–water partition coefficient (Wildman–Crippen LogP) is 2.41. The van der Waals surface area contributed by atoms with Crippen molar-refractivity contribution in [1.82, 2.24) is 10.3 Å². The van der Waals surface area contributed by atoms with Crippen molar-refractivity contribution in [1.29, 1.82) is 0 Å². The number of amides is 1.